The first-order chi connectivity index (χ1) is 20.6. The lowest BCUT2D eigenvalue weighted by molar-refractivity contribution is 0.175. The van der Waals surface area contributed by atoms with Crippen molar-refractivity contribution < 1.29 is 9.53 Å². The van der Waals surface area contributed by atoms with Crippen molar-refractivity contribution in [2.75, 3.05) is 42.6 Å². The highest BCUT2D eigenvalue weighted by Gasteiger charge is 2.25. The van der Waals surface area contributed by atoms with Crippen molar-refractivity contribution in [3.05, 3.63) is 114 Å². The number of nitrogens with zero attached hydrogens (tertiary/aromatic N) is 1. The molecular weight excluding hydrogens is 520 g/mol. The Morgan fingerprint density at radius 1 is 0.762 bits per heavy atom. The summed E-state index contributed by atoms with van der Waals surface area (Å²) in [5.74, 6) is 2.86. The standard InChI is InChI=1S/C36H40N4O2/c1-37-32-7-5-6-28(23-32)27-18-20-40(21-19-27)25-26-10-11-30-24-33(13-12-29(30)22-26)39-36(41)38-31-14-16-35(17-15-31)42-34-8-3-2-4-9-34/h2-9,12-17,23-24,26-27,37H,10-11,18-22,25H2,1H3,(H2,38,39,41). The van der Waals surface area contributed by atoms with Crippen LogP contribution in [0.15, 0.2) is 97.1 Å². The molecule has 3 N–H and O–H groups in total. The topological polar surface area (TPSA) is 65.6 Å². The van der Waals surface area contributed by atoms with Crippen LogP contribution in [0.4, 0.5) is 21.9 Å². The summed E-state index contributed by atoms with van der Waals surface area (Å²) < 4.78 is 5.83. The fourth-order valence-electron chi connectivity index (χ4n) is 6.35. The van der Waals surface area contributed by atoms with Gasteiger partial charge in [-0.05, 0) is 134 Å². The molecule has 1 unspecified atom stereocenters. The van der Waals surface area contributed by atoms with Gasteiger partial charge in [-0.2, -0.15) is 0 Å². The molecule has 1 atom stereocenters. The monoisotopic (exact) mass is 560 g/mol. The van der Waals surface area contributed by atoms with Gasteiger partial charge in [-0.3, -0.25) is 0 Å². The molecule has 0 saturated carbocycles. The van der Waals surface area contributed by atoms with Gasteiger partial charge in [0.15, 0.2) is 0 Å². The third kappa shape index (κ3) is 7.12. The maximum absolute atomic E-state index is 12.7. The van der Waals surface area contributed by atoms with Crippen LogP contribution in [0.5, 0.6) is 11.5 Å². The predicted octanol–water partition coefficient (Wildman–Crippen LogP) is 8.15. The number of anilines is 3. The Morgan fingerprint density at radius 2 is 1.50 bits per heavy atom. The molecule has 4 aromatic carbocycles. The Kier molecular flexibility index (Phi) is 8.71. The number of nitrogens with one attached hydrogen (secondary N) is 3. The van der Waals surface area contributed by atoms with Gasteiger partial charge in [0.1, 0.15) is 11.5 Å². The SMILES string of the molecule is CNc1cccc(C2CCN(CC3CCc4cc(NC(=O)Nc5ccc(Oc6ccccc6)cc5)ccc4C3)CC2)c1. The van der Waals surface area contributed by atoms with Crippen LogP contribution in [-0.2, 0) is 12.8 Å². The van der Waals surface area contributed by atoms with E-state index in [0.717, 1.165) is 30.0 Å². The Bertz CT molecular complexity index is 1480. The van der Waals surface area contributed by atoms with Crippen molar-refractivity contribution in [3.63, 3.8) is 0 Å². The zero-order valence-corrected chi connectivity index (χ0v) is 24.3. The van der Waals surface area contributed by atoms with Crippen LogP contribution in [-0.4, -0.2) is 37.6 Å². The van der Waals surface area contributed by atoms with E-state index >= 15 is 0 Å². The molecule has 42 heavy (non-hydrogen) atoms. The second-order valence-corrected chi connectivity index (χ2v) is 11.6. The molecule has 0 aromatic heterocycles. The van der Waals surface area contributed by atoms with Crippen LogP contribution in [0.1, 0.15) is 41.9 Å². The lowest BCUT2D eigenvalue weighted by atomic mass is 9.82. The molecule has 216 valence electrons. The number of fused-ring (bicyclic) bond motifs is 1. The molecule has 6 rings (SSSR count). The number of rotatable bonds is 8. The van der Waals surface area contributed by atoms with Gasteiger partial charge in [-0.25, -0.2) is 4.79 Å². The van der Waals surface area contributed by atoms with Crippen molar-refractivity contribution in [1.82, 2.24) is 4.90 Å². The predicted molar refractivity (Wildman–Crippen MR) is 172 cm³/mol. The summed E-state index contributed by atoms with van der Waals surface area (Å²) in [5.41, 5.74) is 6.99. The van der Waals surface area contributed by atoms with Crippen molar-refractivity contribution in [2.24, 2.45) is 5.92 Å². The van der Waals surface area contributed by atoms with Crippen molar-refractivity contribution >= 4 is 23.1 Å². The number of piperidine rings is 1. The number of benzene rings is 4. The molecule has 1 aliphatic carbocycles. The minimum absolute atomic E-state index is 0.249. The van der Waals surface area contributed by atoms with Crippen molar-refractivity contribution in [3.8, 4) is 11.5 Å². The fraction of sp³-hybridized carbons (Fsp3) is 0.306. The Hall–Kier alpha value is -4.29. The van der Waals surface area contributed by atoms with E-state index in [4.69, 9.17) is 4.74 Å². The number of ether oxygens (including phenoxy) is 1. The summed E-state index contributed by atoms with van der Waals surface area (Å²) in [7, 11) is 1.99. The lowest BCUT2D eigenvalue weighted by Crippen LogP contribution is -2.38. The number of likely N-dealkylation sites (tertiary alicyclic amines) is 1. The Morgan fingerprint density at radius 3 is 2.29 bits per heavy atom. The van der Waals surface area contributed by atoms with Gasteiger partial charge in [-0.15, -0.1) is 0 Å². The summed E-state index contributed by atoms with van der Waals surface area (Å²) in [6.07, 6.45) is 5.85. The molecule has 4 aromatic rings. The number of aryl methyl sites for hydroxylation is 1. The number of amides is 2. The second kappa shape index (κ2) is 13.1. The Labute approximate surface area is 249 Å². The van der Waals surface area contributed by atoms with E-state index in [-0.39, 0.29) is 6.03 Å². The highest BCUT2D eigenvalue weighted by molar-refractivity contribution is 5.99. The molecule has 1 saturated heterocycles. The first-order valence-electron chi connectivity index (χ1n) is 15.1. The fourth-order valence-corrected chi connectivity index (χ4v) is 6.35. The van der Waals surface area contributed by atoms with Crippen LogP contribution in [0, 0.1) is 5.92 Å². The molecule has 2 aliphatic rings. The summed E-state index contributed by atoms with van der Waals surface area (Å²) in [6, 6.07) is 32.1. The molecule has 1 fully saturated rings. The smallest absolute Gasteiger partial charge is 0.323 e. The van der Waals surface area contributed by atoms with Crippen LogP contribution in [0.3, 0.4) is 0 Å². The molecule has 0 bridgehead atoms. The Balaban J connectivity index is 0.964. The molecule has 6 heteroatoms. The molecular formula is C36H40N4O2. The van der Waals surface area contributed by atoms with Crippen LogP contribution < -0.4 is 20.7 Å². The number of hydrogen-bond donors (Lipinski definition) is 3. The highest BCUT2D eigenvalue weighted by Crippen LogP contribution is 2.32. The van der Waals surface area contributed by atoms with Gasteiger partial charge in [0.2, 0.25) is 0 Å². The van der Waals surface area contributed by atoms with Gasteiger partial charge in [0, 0.05) is 30.7 Å². The molecule has 2 amide bonds. The minimum Gasteiger partial charge on any atom is -0.457 e. The summed E-state index contributed by atoms with van der Waals surface area (Å²) >= 11 is 0. The third-order valence-corrected chi connectivity index (χ3v) is 8.64. The van der Waals surface area contributed by atoms with Gasteiger partial charge in [-0.1, -0.05) is 36.4 Å². The number of hydrogen-bond acceptors (Lipinski definition) is 4. The number of para-hydroxylation sites is 1. The summed E-state index contributed by atoms with van der Waals surface area (Å²) in [5, 5.41) is 9.19. The summed E-state index contributed by atoms with van der Waals surface area (Å²) in [6.45, 7) is 3.54. The van der Waals surface area contributed by atoms with E-state index in [1.165, 1.54) is 61.3 Å². The van der Waals surface area contributed by atoms with E-state index in [1.807, 2.05) is 67.7 Å². The second-order valence-electron chi connectivity index (χ2n) is 11.6. The van der Waals surface area contributed by atoms with Gasteiger partial charge in [0.25, 0.3) is 0 Å². The molecule has 6 nitrogen and oxygen atoms in total. The number of carbonyl (C=O) groups is 1. The maximum atomic E-state index is 12.7. The average molecular weight is 561 g/mol. The first-order valence-corrected chi connectivity index (χ1v) is 15.1. The highest BCUT2D eigenvalue weighted by atomic mass is 16.5. The third-order valence-electron chi connectivity index (χ3n) is 8.64. The first kappa shape index (κ1) is 27.9. The largest absolute Gasteiger partial charge is 0.457 e. The minimum atomic E-state index is -0.249. The maximum Gasteiger partial charge on any atom is 0.323 e. The zero-order chi connectivity index (χ0) is 28.7. The average Bonchev–Trinajstić information content (AvgIpc) is 3.03. The molecule has 1 heterocycles. The zero-order valence-electron chi connectivity index (χ0n) is 24.3. The summed E-state index contributed by atoms with van der Waals surface area (Å²) in [4.78, 5) is 15.4. The number of carbonyl (C=O) groups excluding carboxylic acids is 1. The lowest BCUT2D eigenvalue weighted by Gasteiger charge is -2.36. The van der Waals surface area contributed by atoms with Gasteiger partial charge >= 0.3 is 6.03 Å². The van der Waals surface area contributed by atoms with E-state index in [2.05, 4.69) is 57.2 Å². The van der Waals surface area contributed by atoms with E-state index < -0.39 is 0 Å². The van der Waals surface area contributed by atoms with Crippen LogP contribution in [0.25, 0.3) is 0 Å². The van der Waals surface area contributed by atoms with Crippen LogP contribution >= 0.6 is 0 Å². The van der Waals surface area contributed by atoms with E-state index in [0.29, 0.717) is 17.5 Å². The molecule has 0 radical (unpaired) electrons. The van der Waals surface area contributed by atoms with E-state index in [1.54, 1.807) is 0 Å². The molecule has 0 spiro atoms. The van der Waals surface area contributed by atoms with Gasteiger partial charge < -0.3 is 25.6 Å². The quantitative estimate of drug-likeness (QED) is 0.203. The van der Waals surface area contributed by atoms with E-state index in [9.17, 15) is 4.79 Å². The van der Waals surface area contributed by atoms with Crippen molar-refractivity contribution in [2.45, 2.75) is 38.0 Å². The van der Waals surface area contributed by atoms with Crippen molar-refractivity contribution in [1.29, 1.82) is 0 Å². The normalized spacial score (nSPS) is 17.2. The van der Waals surface area contributed by atoms with Gasteiger partial charge in [0.05, 0.1) is 0 Å². The number of urea groups is 1. The molecule has 1 aliphatic heterocycles. The van der Waals surface area contributed by atoms with Crippen LogP contribution in [0.2, 0.25) is 0 Å².